The zero-order chi connectivity index (χ0) is 51.1. The number of methoxy groups -OCH3 is 3. The lowest BCUT2D eigenvalue weighted by Gasteiger charge is -2.41. The van der Waals surface area contributed by atoms with Crippen LogP contribution in [0.3, 0.4) is 0 Å². The third-order valence-electron chi connectivity index (χ3n) is 14.1. The highest BCUT2D eigenvalue weighted by Crippen LogP contribution is 2.34. The number of Topliss-reactive ketones (excluding diaryl/α,β-unsaturated/α-hetero) is 2. The molecule has 68 heavy (non-hydrogen) atoms. The van der Waals surface area contributed by atoms with E-state index in [4.69, 9.17) is 41.0 Å². The van der Waals surface area contributed by atoms with Crippen molar-refractivity contribution in [3.8, 4) is 0 Å². The molecule has 1 fully saturated rings. The highest BCUT2D eigenvalue weighted by molar-refractivity contribution is 7.82. The molecule has 392 valence electrons. The Kier molecular flexibility index (Phi) is 29.0. The first-order valence-electron chi connectivity index (χ1n) is 25.2. The van der Waals surface area contributed by atoms with E-state index in [1.54, 1.807) is 34.1 Å². The molecular weight excluding hydrogens is 891 g/mol. The molecule has 15 atom stereocenters. The number of piperidine rings is 1. The number of carbonyl (C=O) groups excluding carboxylic acids is 3. The second kappa shape index (κ2) is 31.9. The number of hydrogen-bond donors (Lipinski definition) is 5. The summed E-state index contributed by atoms with van der Waals surface area (Å²) in [6, 6.07) is -0.861. The summed E-state index contributed by atoms with van der Waals surface area (Å²) in [5.74, 6) is -2.80. The Morgan fingerprint density at radius 2 is 1.63 bits per heavy atom. The minimum Gasteiger partial charge on any atom is -0.394 e. The quantitative estimate of drug-likeness (QED) is 0.0474. The van der Waals surface area contributed by atoms with E-state index in [9.17, 15) is 34.8 Å². The van der Waals surface area contributed by atoms with E-state index in [1.165, 1.54) is 12.0 Å². The van der Waals surface area contributed by atoms with Gasteiger partial charge in [0.1, 0.15) is 12.2 Å². The van der Waals surface area contributed by atoms with Crippen LogP contribution < -0.4 is 0 Å². The third-order valence-corrected chi connectivity index (χ3v) is 14.7. The fourth-order valence-electron chi connectivity index (χ4n) is 9.45. The van der Waals surface area contributed by atoms with Crippen LogP contribution >= 0.6 is 12.6 Å². The molecule has 2 aliphatic rings. The van der Waals surface area contributed by atoms with Crippen molar-refractivity contribution < 1.29 is 63.2 Å². The molecule has 0 aromatic rings. The average molecular weight is 982 g/mol. The van der Waals surface area contributed by atoms with Gasteiger partial charge in [-0.05, 0) is 94.1 Å². The maximum atomic E-state index is 14.4. The molecule has 0 aliphatic carbocycles. The zero-order valence-electron chi connectivity index (χ0n) is 43.5. The van der Waals surface area contributed by atoms with Crippen molar-refractivity contribution in [3.05, 3.63) is 47.6 Å². The molecule has 1 saturated heterocycles. The van der Waals surface area contributed by atoms with Crippen molar-refractivity contribution in [2.24, 2.45) is 29.6 Å². The van der Waals surface area contributed by atoms with Gasteiger partial charge in [-0.25, -0.2) is 0 Å². The van der Waals surface area contributed by atoms with E-state index >= 15 is 0 Å². The number of rotatable bonds is 15. The minimum atomic E-state index is -1.75. The molecule has 15 heteroatoms. The number of ketones is 2. The van der Waals surface area contributed by atoms with E-state index < -0.39 is 71.3 Å². The third kappa shape index (κ3) is 19.4. The molecule has 3 unspecified atom stereocenters. The van der Waals surface area contributed by atoms with Crippen molar-refractivity contribution in [1.29, 1.82) is 0 Å². The van der Waals surface area contributed by atoms with Crippen molar-refractivity contribution in [1.82, 2.24) is 4.90 Å². The molecule has 2 aliphatic heterocycles. The van der Waals surface area contributed by atoms with Gasteiger partial charge in [0.2, 0.25) is 0 Å². The van der Waals surface area contributed by atoms with E-state index in [-0.39, 0.29) is 68.3 Å². The normalized spacial score (nSPS) is 33.4. The lowest BCUT2D eigenvalue weighted by atomic mass is 9.83. The smallest absolute Gasteiger partial charge is 0.294 e. The van der Waals surface area contributed by atoms with Crippen LogP contribution in [0.25, 0.3) is 0 Å². The number of ether oxygens (including phenoxy) is 6. The van der Waals surface area contributed by atoms with Gasteiger partial charge < -0.3 is 53.7 Å². The molecule has 4 N–H and O–H groups in total. The number of hydrogen-bond acceptors (Lipinski definition) is 14. The summed E-state index contributed by atoms with van der Waals surface area (Å²) in [5.41, 5.74) is 1.40. The van der Waals surface area contributed by atoms with Crippen LogP contribution in [0.4, 0.5) is 0 Å². The average Bonchev–Trinajstić information content (AvgIpc) is 3.33. The molecule has 0 aromatic carbocycles. The number of thiol groups is 1. The Morgan fingerprint density at radius 3 is 2.24 bits per heavy atom. The van der Waals surface area contributed by atoms with Gasteiger partial charge in [0, 0.05) is 52.6 Å². The first-order valence-corrected chi connectivity index (χ1v) is 25.7. The van der Waals surface area contributed by atoms with Crippen LogP contribution in [0.1, 0.15) is 133 Å². The first kappa shape index (κ1) is 61.8. The van der Waals surface area contributed by atoms with Gasteiger partial charge in [-0.15, -0.1) is 12.6 Å². The monoisotopic (exact) mass is 982 g/mol. The van der Waals surface area contributed by atoms with Gasteiger partial charge in [0.05, 0.1) is 56.4 Å². The summed E-state index contributed by atoms with van der Waals surface area (Å²) < 4.78 is 35.9. The summed E-state index contributed by atoms with van der Waals surface area (Å²) in [6.07, 6.45) is 10.3. The van der Waals surface area contributed by atoms with Crippen LogP contribution in [-0.4, -0.2) is 150 Å². The van der Waals surface area contributed by atoms with E-state index in [0.29, 0.717) is 63.5 Å². The van der Waals surface area contributed by atoms with Crippen molar-refractivity contribution in [2.75, 3.05) is 47.7 Å². The van der Waals surface area contributed by atoms with Gasteiger partial charge in [-0.3, -0.25) is 14.4 Å². The first-order chi connectivity index (χ1) is 32.2. The molecule has 2 rings (SSSR count). The minimum absolute atomic E-state index is 0.0433. The molecule has 0 radical (unpaired) electrons. The second-order valence-corrected chi connectivity index (χ2v) is 20.2. The lowest BCUT2D eigenvalue weighted by Crippen LogP contribution is -2.57. The summed E-state index contributed by atoms with van der Waals surface area (Å²) in [7, 11) is 4.66. The molecule has 0 bridgehead atoms. The predicted molar refractivity (Wildman–Crippen MR) is 269 cm³/mol. The Morgan fingerprint density at radius 1 is 0.926 bits per heavy atom. The number of nitrogens with zero attached hydrogens (tertiary/aromatic N) is 1. The van der Waals surface area contributed by atoms with Crippen molar-refractivity contribution in [2.45, 2.75) is 193 Å². The van der Waals surface area contributed by atoms with Crippen LogP contribution in [0.2, 0.25) is 0 Å². The van der Waals surface area contributed by atoms with Gasteiger partial charge in [-0.2, -0.15) is 0 Å². The number of aliphatic hydroxyl groups is 4. The Labute approximate surface area is 414 Å². The molecule has 0 spiro atoms. The summed E-state index contributed by atoms with van der Waals surface area (Å²) >= 11 is 4.77. The van der Waals surface area contributed by atoms with Gasteiger partial charge >= 0.3 is 0 Å². The van der Waals surface area contributed by atoms with Gasteiger partial charge in [0.15, 0.2) is 17.0 Å². The van der Waals surface area contributed by atoms with Crippen LogP contribution in [0.15, 0.2) is 47.6 Å². The molecule has 1 amide bonds. The van der Waals surface area contributed by atoms with Crippen LogP contribution in [0, 0.1) is 29.6 Å². The van der Waals surface area contributed by atoms with E-state index in [1.807, 2.05) is 71.9 Å². The molecule has 0 saturated carbocycles. The molecule has 0 aromatic heterocycles. The SMILES string of the molecule is CCC1C[C@H](OC)C(C)=CC=CC=C[C@@H](C)C[C@@H](C)C(=O)[C@H](OC)[C@H](O)C(C)=C[C@@H](C)C(O)C[C@@H]([C@@H](C)C[C@H](CC)C[C@H](COCCO)OC)OC(O)[C@@H]2CCCCN2C(=O)C(=O)[C@@](S)(CC)O1. The van der Waals surface area contributed by atoms with Crippen LogP contribution in [0.5, 0.6) is 0 Å². The zero-order valence-corrected chi connectivity index (χ0v) is 44.4. The van der Waals surface area contributed by atoms with E-state index in [2.05, 4.69) is 6.92 Å². The Balaban J connectivity index is 2.66. The topological polar surface area (TPSA) is 191 Å². The fourth-order valence-corrected chi connectivity index (χ4v) is 9.69. The lowest BCUT2D eigenvalue weighted by molar-refractivity contribution is -0.200. The highest BCUT2D eigenvalue weighted by atomic mass is 32.1. The summed E-state index contributed by atoms with van der Waals surface area (Å²) in [6.45, 7) is 17.8. The van der Waals surface area contributed by atoms with Gasteiger partial charge in [0.25, 0.3) is 11.7 Å². The number of carbonyl (C=O) groups is 3. The predicted octanol–water partition coefficient (Wildman–Crippen LogP) is 7.36. The highest BCUT2D eigenvalue weighted by Gasteiger charge is 2.46. The van der Waals surface area contributed by atoms with Crippen molar-refractivity contribution >= 4 is 30.1 Å². The largest absolute Gasteiger partial charge is 0.394 e. The number of aliphatic hydroxyl groups excluding tert-OH is 4. The number of fused-ring (bicyclic) bond motifs is 1. The van der Waals surface area contributed by atoms with Crippen LogP contribution in [-0.2, 0) is 42.8 Å². The number of amides is 1. The van der Waals surface area contributed by atoms with E-state index in [0.717, 1.165) is 12.0 Å². The van der Waals surface area contributed by atoms with Gasteiger partial charge in [-0.1, -0.05) is 91.3 Å². The fraction of sp³-hybridized carbons (Fsp3) is 0.792. The number of allylic oxidation sites excluding steroid dienone is 5. The van der Waals surface area contributed by atoms with Crippen molar-refractivity contribution in [3.63, 3.8) is 0 Å². The molecular formula is C53H91NO13S. The maximum absolute atomic E-state index is 14.4. The standard InChI is InChI=1S/C53H91NO13S/c1-13-40(30-42(62-10)33-65-26-25-55)29-37(7)46-32-44(56)36(6)28-39(9)48(58)49(64-12)47(57)38(8)27-34(4)21-17-16-18-22-35(5)45(63-11)31-41(14-2)67-53(68,15-3)50(59)51(60)54-24-20-19-23-43(54)52(61)66-46/h16-18,21-22,28,34,36-38,40-46,48-49,52,55-56,58,61,68H,13-15,19-20,23-27,29-33H2,1-12H3/t34-,36-,37+,38-,40+,41?,42-,43+,44?,45+,46+,48-,49+,52?,53+/m1/s1. The summed E-state index contributed by atoms with van der Waals surface area (Å²) in [5, 5.41) is 44.7. The molecule has 14 nitrogen and oxygen atoms in total. The Hall–Kier alpha value is -2.28. The molecule has 2 heterocycles. The summed E-state index contributed by atoms with van der Waals surface area (Å²) in [4.78, 5) is 42.1. The maximum Gasteiger partial charge on any atom is 0.294 e. The second-order valence-electron chi connectivity index (χ2n) is 19.5. The Bertz CT molecular complexity index is 1620.